The Hall–Kier alpha value is -3.02. The highest BCUT2D eigenvalue weighted by Crippen LogP contribution is 2.40. The summed E-state index contributed by atoms with van der Waals surface area (Å²) in [6, 6.07) is 15.4. The summed E-state index contributed by atoms with van der Waals surface area (Å²) >= 11 is 24.3. The number of sulfonamides is 1. The van der Waals surface area contributed by atoms with Crippen molar-refractivity contribution in [1.29, 1.82) is 0 Å². The molecular weight excluding hydrogens is 640 g/mol. The predicted octanol–water partition coefficient (Wildman–Crippen LogP) is 6.33. The van der Waals surface area contributed by atoms with Crippen LogP contribution in [-0.2, 0) is 30.9 Å². The Morgan fingerprint density at radius 2 is 1.59 bits per heavy atom. The standard InChI is InChI=1S/C27H21Cl4NO8S/c1-15(2)18-11-17(40-27(30,31)26(35)38-13-16-7-4-3-5-8-16)12-21-22(18)24(33)32(41(21,36)37)14-39-25(34)23-19(28)9-6-10-20(23)29/h3-12,15H,13-14H2,1-2H3. The van der Waals surface area contributed by atoms with Crippen LogP contribution in [0.3, 0.4) is 0 Å². The van der Waals surface area contributed by atoms with E-state index in [1.54, 1.807) is 44.2 Å². The quantitative estimate of drug-likeness (QED) is 0.193. The van der Waals surface area contributed by atoms with Crippen LogP contribution < -0.4 is 4.74 Å². The summed E-state index contributed by atoms with van der Waals surface area (Å²) in [5.74, 6) is -3.70. The number of benzene rings is 3. The van der Waals surface area contributed by atoms with E-state index in [4.69, 9.17) is 60.6 Å². The molecule has 0 atom stereocenters. The van der Waals surface area contributed by atoms with Crippen molar-refractivity contribution in [1.82, 2.24) is 4.31 Å². The highest BCUT2D eigenvalue weighted by Gasteiger charge is 2.46. The lowest BCUT2D eigenvalue weighted by atomic mass is 9.96. The number of hydrogen-bond acceptors (Lipinski definition) is 8. The van der Waals surface area contributed by atoms with Crippen molar-refractivity contribution in [3.8, 4) is 5.75 Å². The van der Waals surface area contributed by atoms with Gasteiger partial charge in [0.25, 0.3) is 15.9 Å². The SMILES string of the molecule is CC(C)c1cc(OC(Cl)(Cl)C(=O)OCc2ccccc2)cc2c1C(=O)N(COC(=O)c1c(Cl)cccc1Cl)S2(=O)=O. The minimum absolute atomic E-state index is 0.0156. The lowest BCUT2D eigenvalue weighted by Crippen LogP contribution is -2.34. The summed E-state index contributed by atoms with van der Waals surface area (Å²) in [6.45, 7) is 2.33. The first-order valence-electron chi connectivity index (χ1n) is 11.9. The van der Waals surface area contributed by atoms with E-state index in [1.807, 2.05) is 0 Å². The number of carbonyl (C=O) groups is 3. The smallest absolute Gasteiger partial charge is 0.384 e. The number of nitrogens with zero attached hydrogens (tertiary/aromatic N) is 1. The molecule has 14 heteroatoms. The molecule has 1 aliphatic heterocycles. The van der Waals surface area contributed by atoms with Crippen LogP contribution in [0.4, 0.5) is 0 Å². The molecule has 1 aliphatic rings. The molecule has 1 heterocycles. The second-order valence-electron chi connectivity index (χ2n) is 9.04. The van der Waals surface area contributed by atoms with Gasteiger partial charge in [0.15, 0.2) is 6.73 Å². The number of amides is 1. The molecule has 0 saturated carbocycles. The van der Waals surface area contributed by atoms with Gasteiger partial charge in [0, 0.05) is 6.07 Å². The average Bonchev–Trinajstić information content (AvgIpc) is 3.10. The van der Waals surface area contributed by atoms with E-state index in [-0.39, 0.29) is 45.0 Å². The van der Waals surface area contributed by atoms with Gasteiger partial charge in [-0.1, -0.05) is 73.4 Å². The number of hydrogen-bond donors (Lipinski definition) is 0. The van der Waals surface area contributed by atoms with Gasteiger partial charge in [-0.2, -0.15) is 4.31 Å². The molecule has 0 bridgehead atoms. The fourth-order valence-electron chi connectivity index (χ4n) is 3.92. The Morgan fingerprint density at radius 1 is 0.951 bits per heavy atom. The molecule has 41 heavy (non-hydrogen) atoms. The number of ether oxygens (including phenoxy) is 3. The van der Waals surface area contributed by atoms with Crippen LogP contribution in [0.2, 0.25) is 10.0 Å². The molecule has 0 aliphatic carbocycles. The van der Waals surface area contributed by atoms with Gasteiger partial charge >= 0.3 is 16.5 Å². The third kappa shape index (κ3) is 6.42. The highest BCUT2D eigenvalue weighted by atomic mass is 35.5. The first-order chi connectivity index (χ1) is 19.2. The van der Waals surface area contributed by atoms with Crippen molar-refractivity contribution in [2.45, 2.75) is 35.8 Å². The number of carbonyl (C=O) groups excluding carboxylic acids is 3. The monoisotopic (exact) mass is 659 g/mol. The van der Waals surface area contributed by atoms with Gasteiger partial charge in [-0.15, -0.1) is 0 Å². The Balaban J connectivity index is 1.58. The molecule has 3 aromatic rings. The van der Waals surface area contributed by atoms with Crippen molar-refractivity contribution in [2.75, 3.05) is 6.73 Å². The molecule has 4 rings (SSSR count). The Bertz CT molecular complexity index is 1610. The molecule has 0 N–H and O–H groups in total. The van der Waals surface area contributed by atoms with E-state index < -0.39 is 44.0 Å². The summed E-state index contributed by atoms with van der Waals surface area (Å²) in [5, 5.41) is -0.0311. The van der Waals surface area contributed by atoms with Gasteiger partial charge < -0.3 is 14.2 Å². The Kier molecular flexibility index (Phi) is 9.10. The van der Waals surface area contributed by atoms with Crippen LogP contribution >= 0.6 is 46.4 Å². The molecule has 216 valence electrons. The van der Waals surface area contributed by atoms with Gasteiger partial charge in [0.1, 0.15) is 17.3 Å². The maximum atomic E-state index is 13.4. The van der Waals surface area contributed by atoms with E-state index in [1.165, 1.54) is 24.3 Å². The summed E-state index contributed by atoms with van der Waals surface area (Å²) < 4.78 is 40.4. The molecule has 0 radical (unpaired) electrons. The molecule has 0 saturated heterocycles. The molecule has 9 nitrogen and oxygen atoms in total. The summed E-state index contributed by atoms with van der Waals surface area (Å²) in [5.41, 5.74) is 0.596. The van der Waals surface area contributed by atoms with Gasteiger partial charge in [-0.3, -0.25) is 4.79 Å². The van der Waals surface area contributed by atoms with Gasteiger partial charge in [-0.25, -0.2) is 18.0 Å². The van der Waals surface area contributed by atoms with Crippen LogP contribution in [0.15, 0.2) is 65.6 Å². The number of rotatable bonds is 9. The zero-order valence-electron chi connectivity index (χ0n) is 21.4. The van der Waals surface area contributed by atoms with Crippen LogP contribution in [0.25, 0.3) is 0 Å². The fraction of sp³-hybridized carbons (Fsp3) is 0.222. The normalized spacial score (nSPS) is 14.1. The minimum atomic E-state index is -4.54. The molecular formula is C27H21Cl4NO8S. The van der Waals surface area contributed by atoms with Gasteiger partial charge in [-0.05, 0) is 58.4 Å². The summed E-state index contributed by atoms with van der Waals surface area (Å²) in [6.07, 6.45) is 0. The number of halogens is 4. The lowest BCUT2D eigenvalue weighted by molar-refractivity contribution is -0.151. The van der Waals surface area contributed by atoms with E-state index in [0.29, 0.717) is 9.87 Å². The van der Waals surface area contributed by atoms with Crippen LogP contribution in [0.1, 0.15) is 51.6 Å². The third-order valence-corrected chi connectivity index (χ3v) is 8.73. The van der Waals surface area contributed by atoms with Crippen LogP contribution in [0, 0.1) is 0 Å². The fourth-order valence-corrected chi connectivity index (χ4v) is 6.22. The predicted molar refractivity (Wildman–Crippen MR) is 152 cm³/mol. The van der Waals surface area contributed by atoms with Crippen molar-refractivity contribution in [3.05, 3.63) is 93.0 Å². The summed E-state index contributed by atoms with van der Waals surface area (Å²) in [4.78, 5) is 38.0. The first kappa shape index (κ1) is 30.9. The largest absolute Gasteiger partial charge is 0.456 e. The highest BCUT2D eigenvalue weighted by molar-refractivity contribution is 7.90. The molecule has 0 spiro atoms. The van der Waals surface area contributed by atoms with Crippen molar-refractivity contribution in [3.63, 3.8) is 0 Å². The van der Waals surface area contributed by atoms with Gasteiger partial charge in [0.05, 0.1) is 21.2 Å². The molecule has 0 aromatic heterocycles. The molecule has 0 fully saturated rings. The van der Waals surface area contributed by atoms with E-state index >= 15 is 0 Å². The summed E-state index contributed by atoms with van der Waals surface area (Å²) in [7, 11) is -4.54. The van der Waals surface area contributed by atoms with Crippen molar-refractivity contribution >= 4 is 74.3 Å². The second-order valence-corrected chi connectivity index (χ2v) is 12.9. The molecule has 3 aromatic carbocycles. The van der Waals surface area contributed by atoms with Crippen LogP contribution in [-0.4, -0.2) is 41.8 Å². The Morgan fingerprint density at radius 3 is 2.20 bits per heavy atom. The van der Waals surface area contributed by atoms with E-state index in [9.17, 15) is 22.8 Å². The van der Waals surface area contributed by atoms with E-state index in [0.717, 1.165) is 6.07 Å². The van der Waals surface area contributed by atoms with E-state index in [2.05, 4.69) is 0 Å². The van der Waals surface area contributed by atoms with Crippen molar-refractivity contribution in [2.24, 2.45) is 0 Å². The zero-order valence-corrected chi connectivity index (χ0v) is 25.2. The Labute approximate surface area is 255 Å². The average molecular weight is 661 g/mol. The molecule has 1 amide bonds. The molecule has 0 unspecified atom stereocenters. The first-order valence-corrected chi connectivity index (χ1v) is 14.8. The van der Waals surface area contributed by atoms with Crippen molar-refractivity contribution < 1.29 is 37.0 Å². The van der Waals surface area contributed by atoms with Gasteiger partial charge in [0.2, 0.25) is 0 Å². The minimum Gasteiger partial charge on any atom is -0.456 e. The maximum absolute atomic E-state index is 13.4. The maximum Gasteiger partial charge on any atom is 0.384 e. The second kappa shape index (κ2) is 12.1. The third-order valence-electron chi connectivity index (χ3n) is 5.91. The zero-order chi connectivity index (χ0) is 30.1. The topological polar surface area (TPSA) is 116 Å². The number of alkyl halides is 2. The number of fused-ring (bicyclic) bond motifs is 1. The lowest BCUT2D eigenvalue weighted by Gasteiger charge is -2.21. The van der Waals surface area contributed by atoms with Crippen LogP contribution in [0.5, 0.6) is 5.75 Å². The number of esters is 2.